The summed E-state index contributed by atoms with van der Waals surface area (Å²) in [4.78, 5) is 0. The van der Waals surface area contributed by atoms with E-state index in [-0.39, 0.29) is 5.38 Å². The fraction of sp³-hybridized carbons (Fsp3) is 0.200. The maximum absolute atomic E-state index is 6.56. The lowest BCUT2D eigenvalue weighted by molar-refractivity contribution is 0.415. The van der Waals surface area contributed by atoms with Crippen molar-refractivity contribution < 1.29 is 4.74 Å². The van der Waals surface area contributed by atoms with Gasteiger partial charge in [-0.05, 0) is 47.9 Å². The Hall–Kier alpha value is -0.700. The van der Waals surface area contributed by atoms with Gasteiger partial charge in [0.2, 0.25) is 0 Å². The van der Waals surface area contributed by atoms with Gasteiger partial charge in [-0.25, -0.2) is 0 Å². The Balaban J connectivity index is 2.41. The first-order valence-corrected chi connectivity index (χ1v) is 7.37. The molecule has 0 N–H and O–H groups in total. The normalized spacial score (nSPS) is 12.3. The van der Waals surface area contributed by atoms with Crippen LogP contribution in [0.4, 0.5) is 0 Å². The third-order valence-corrected chi connectivity index (χ3v) is 4.26. The van der Waals surface area contributed by atoms with Crippen molar-refractivity contribution in [1.82, 2.24) is 0 Å². The highest BCUT2D eigenvalue weighted by Crippen LogP contribution is 2.36. The van der Waals surface area contributed by atoms with E-state index >= 15 is 0 Å². The fourth-order valence-electron chi connectivity index (χ4n) is 1.90. The molecule has 0 spiro atoms. The third-order valence-electron chi connectivity index (χ3n) is 2.98. The Bertz CT molecular complexity index is 599. The molecule has 1 atom stereocenters. The van der Waals surface area contributed by atoms with Gasteiger partial charge in [-0.3, -0.25) is 0 Å². The molecule has 2 rings (SSSR count). The van der Waals surface area contributed by atoms with Crippen LogP contribution in [0.15, 0.2) is 40.9 Å². The first-order valence-electron chi connectivity index (χ1n) is 5.76. The van der Waals surface area contributed by atoms with Gasteiger partial charge in [0.25, 0.3) is 0 Å². The van der Waals surface area contributed by atoms with E-state index < -0.39 is 0 Å². The molecule has 1 unspecified atom stereocenters. The molecule has 100 valence electrons. The van der Waals surface area contributed by atoms with Crippen molar-refractivity contribution in [2.24, 2.45) is 0 Å². The standard InChI is InChI=1S/C15H13BrCl2O/c1-9-3-5-11(16)8-12(9)15(18)10-4-6-14(19-2)13(17)7-10/h3-8,15H,1-2H3. The van der Waals surface area contributed by atoms with Crippen LogP contribution in [0.2, 0.25) is 5.02 Å². The second-order valence-corrected chi connectivity index (χ2v) is 6.02. The summed E-state index contributed by atoms with van der Waals surface area (Å²) >= 11 is 16.2. The van der Waals surface area contributed by atoms with Gasteiger partial charge in [0.15, 0.2) is 0 Å². The average molecular weight is 360 g/mol. The smallest absolute Gasteiger partial charge is 0.137 e. The van der Waals surface area contributed by atoms with E-state index in [0.717, 1.165) is 21.2 Å². The van der Waals surface area contributed by atoms with Crippen LogP contribution >= 0.6 is 39.1 Å². The Kier molecular flexibility index (Phi) is 4.77. The number of alkyl halides is 1. The molecule has 19 heavy (non-hydrogen) atoms. The first kappa shape index (κ1) is 14.7. The zero-order chi connectivity index (χ0) is 14.0. The van der Waals surface area contributed by atoms with Crippen molar-refractivity contribution in [3.63, 3.8) is 0 Å². The summed E-state index contributed by atoms with van der Waals surface area (Å²) in [7, 11) is 1.59. The summed E-state index contributed by atoms with van der Waals surface area (Å²) in [6.07, 6.45) is 0. The average Bonchev–Trinajstić information content (AvgIpc) is 2.40. The molecule has 0 heterocycles. The largest absolute Gasteiger partial charge is 0.495 e. The van der Waals surface area contributed by atoms with Gasteiger partial charge in [-0.1, -0.05) is 39.7 Å². The van der Waals surface area contributed by atoms with Crippen LogP contribution in [0.1, 0.15) is 22.1 Å². The molecule has 0 aliphatic heterocycles. The number of aryl methyl sites for hydroxylation is 1. The van der Waals surface area contributed by atoms with Crippen LogP contribution in [0.25, 0.3) is 0 Å². The highest BCUT2D eigenvalue weighted by atomic mass is 79.9. The van der Waals surface area contributed by atoms with Crippen LogP contribution in [-0.4, -0.2) is 7.11 Å². The molecular formula is C15H13BrCl2O. The van der Waals surface area contributed by atoms with Gasteiger partial charge in [0, 0.05) is 4.47 Å². The third kappa shape index (κ3) is 3.25. The van der Waals surface area contributed by atoms with Crippen LogP contribution in [0.5, 0.6) is 5.75 Å². The van der Waals surface area contributed by atoms with Crippen LogP contribution < -0.4 is 4.74 Å². The highest BCUT2D eigenvalue weighted by Gasteiger charge is 2.15. The topological polar surface area (TPSA) is 9.23 Å². The van der Waals surface area contributed by atoms with Crippen molar-refractivity contribution >= 4 is 39.1 Å². The van der Waals surface area contributed by atoms with E-state index in [4.69, 9.17) is 27.9 Å². The zero-order valence-electron chi connectivity index (χ0n) is 10.6. The van der Waals surface area contributed by atoms with Gasteiger partial charge in [0.05, 0.1) is 17.5 Å². The lowest BCUT2D eigenvalue weighted by Crippen LogP contribution is -1.97. The molecule has 0 saturated heterocycles. The maximum Gasteiger partial charge on any atom is 0.137 e. The summed E-state index contributed by atoms with van der Waals surface area (Å²) in [5.74, 6) is 0.653. The number of methoxy groups -OCH3 is 1. The highest BCUT2D eigenvalue weighted by molar-refractivity contribution is 9.10. The molecular weight excluding hydrogens is 347 g/mol. The molecule has 2 aromatic carbocycles. The maximum atomic E-state index is 6.56. The van der Waals surface area contributed by atoms with Crippen molar-refractivity contribution in [2.45, 2.75) is 12.3 Å². The number of halogens is 3. The second kappa shape index (κ2) is 6.17. The molecule has 2 aromatic rings. The van der Waals surface area contributed by atoms with Crippen molar-refractivity contribution in [1.29, 1.82) is 0 Å². The molecule has 0 aliphatic carbocycles. The monoisotopic (exact) mass is 358 g/mol. The fourth-order valence-corrected chi connectivity index (χ4v) is 2.92. The Morgan fingerprint density at radius 1 is 1.16 bits per heavy atom. The van der Waals surface area contributed by atoms with Crippen LogP contribution in [0.3, 0.4) is 0 Å². The number of benzene rings is 2. The summed E-state index contributed by atoms with van der Waals surface area (Å²) in [5.41, 5.74) is 3.17. The quantitative estimate of drug-likeness (QED) is 0.634. The molecule has 0 aliphatic rings. The SMILES string of the molecule is COc1ccc(C(Cl)c2cc(Br)ccc2C)cc1Cl. The van der Waals surface area contributed by atoms with Crippen molar-refractivity contribution in [3.8, 4) is 5.75 Å². The Morgan fingerprint density at radius 3 is 2.53 bits per heavy atom. The van der Waals surface area contributed by atoms with Crippen LogP contribution in [0, 0.1) is 6.92 Å². The number of ether oxygens (including phenoxy) is 1. The van der Waals surface area contributed by atoms with E-state index in [9.17, 15) is 0 Å². The predicted molar refractivity (Wildman–Crippen MR) is 84.6 cm³/mol. The second-order valence-electron chi connectivity index (χ2n) is 4.26. The van der Waals surface area contributed by atoms with Gasteiger partial charge >= 0.3 is 0 Å². The van der Waals surface area contributed by atoms with E-state index in [1.165, 1.54) is 0 Å². The first-order chi connectivity index (χ1) is 9.02. The zero-order valence-corrected chi connectivity index (χ0v) is 13.7. The van der Waals surface area contributed by atoms with E-state index in [1.807, 2.05) is 43.3 Å². The lowest BCUT2D eigenvalue weighted by Gasteiger charge is -2.15. The van der Waals surface area contributed by atoms with Gasteiger partial charge in [-0.15, -0.1) is 11.6 Å². The summed E-state index contributed by atoms with van der Waals surface area (Å²) < 4.78 is 6.16. The van der Waals surface area contributed by atoms with E-state index in [2.05, 4.69) is 15.9 Å². The minimum absolute atomic E-state index is 0.235. The van der Waals surface area contributed by atoms with E-state index in [0.29, 0.717) is 10.8 Å². The lowest BCUT2D eigenvalue weighted by atomic mass is 10.00. The molecule has 0 bridgehead atoms. The number of hydrogen-bond acceptors (Lipinski definition) is 1. The molecule has 4 heteroatoms. The van der Waals surface area contributed by atoms with E-state index in [1.54, 1.807) is 7.11 Å². The van der Waals surface area contributed by atoms with Gasteiger partial charge in [0.1, 0.15) is 5.75 Å². The summed E-state index contributed by atoms with van der Waals surface area (Å²) in [6, 6.07) is 11.7. The van der Waals surface area contributed by atoms with Crippen molar-refractivity contribution in [2.75, 3.05) is 7.11 Å². The van der Waals surface area contributed by atoms with Gasteiger partial charge in [-0.2, -0.15) is 0 Å². The number of rotatable bonds is 3. The summed E-state index contributed by atoms with van der Waals surface area (Å²) in [6.45, 7) is 2.04. The molecule has 0 aromatic heterocycles. The van der Waals surface area contributed by atoms with Crippen LogP contribution in [-0.2, 0) is 0 Å². The molecule has 0 amide bonds. The molecule has 0 fully saturated rings. The molecule has 0 saturated carbocycles. The Morgan fingerprint density at radius 2 is 1.89 bits per heavy atom. The number of hydrogen-bond donors (Lipinski definition) is 0. The predicted octanol–water partition coefficient (Wildman–Crippen LogP) is 5.75. The molecule has 0 radical (unpaired) electrons. The Labute approximate surface area is 131 Å². The minimum Gasteiger partial charge on any atom is -0.495 e. The summed E-state index contributed by atoms with van der Waals surface area (Å²) in [5, 5.41) is 0.333. The minimum atomic E-state index is -0.235. The van der Waals surface area contributed by atoms with Crippen molar-refractivity contribution in [3.05, 3.63) is 62.6 Å². The van der Waals surface area contributed by atoms with Gasteiger partial charge < -0.3 is 4.74 Å². The molecule has 1 nitrogen and oxygen atoms in total.